The Morgan fingerprint density at radius 2 is 1.93 bits per heavy atom. The Morgan fingerprint density at radius 3 is 2.50 bits per heavy atom. The summed E-state index contributed by atoms with van der Waals surface area (Å²) < 4.78 is 5.45. The quantitative estimate of drug-likeness (QED) is 0.569. The van der Waals surface area contributed by atoms with Gasteiger partial charge in [0.05, 0.1) is 6.61 Å². The maximum atomic E-state index is 5.45. The van der Waals surface area contributed by atoms with Crippen molar-refractivity contribution >= 4 is 0 Å². The third kappa shape index (κ3) is 11.9. The van der Waals surface area contributed by atoms with Crippen molar-refractivity contribution in [3.63, 3.8) is 0 Å². The smallest absolute Gasteiger partial charge is 0.0591 e. The summed E-state index contributed by atoms with van der Waals surface area (Å²) in [5, 5.41) is 3.36. The van der Waals surface area contributed by atoms with Gasteiger partial charge in [-0.1, -0.05) is 13.8 Å². The molecule has 3 nitrogen and oxygen atoms in total. The first-order valence-corrected chi connectivity index (χ1v) is 5.56. The number of hydrogen-bond acceptors (Lipinski definition) is 3. The molecule has 0 aliphatic carbocycles. The van der Waals surface area contributed by atoms with E-state index in [9.17, 15) is 0 Å². The van der Waals surface area contributed by atoms with Gasteiger partial charge >= 0.3 is 0 Å². The molecule has 0 bridgehead atoms. The van der Waals surface area contributed by atoms with Crippen molar-refractivity contribution in [1.82, 2.24) is 10.2 Å². The first-order chi connectivity index (χ1) is 6.63. The van der Waals surface area contributed by atoms with Crippen molar-refractivity contribution in [3.8, 4) is 0 Å². The van der Waals surface area contributed by atoms with Crippen molar-refractivity contribution < 1.29 is 4.74 Å². The Kier molecular flexibility index (Phi) is 9.35. The van der Waals surface area contributed by atoms with Crippen LogP contribution in [-0.2, 0) is 4.74 Å². The van der Waals surface area contributed by atoms with Crippen LogP contribution >= 0.6 is 0 Å². The highest BCUT2D eigenvalue weighted by atomic mass is 16.5. The standard InChI is InChI=1S/C11H26N2O/c1-11(2)10-14-9-7-12-6-5-8-13(3)4/h11-12H,5-10H2,1-4H3. The lowest BCUT2D eigenvalue weighted by Gasteiger charge is -2.10. The average molecular weight is 202 g/mol. The molecule has 0 aromatic carbocycles. The van der Waals surface area contributed by atoms with Crippen LogP contribution in [0, 0.1) is 5.92 Å². The minimum atomic E-state index is 0.642. The largest absolute Gasteiger partial charge is 0.380 e. The number of nitrogens with one attached hydrogen (secondary N) is 1. The summed E-state index contributed by atoms with van der Waals surface area (Å²) in [7, 11) is 4.21. The van der Waals surface area contributed by atoms with Gasteiger partial charge in [-0.05, 0) is 39.5 Å². The molecular formula is C11H26N2O. The maximum Gasteiger partial charge on any atom is 0.0591 e. The zero-order valence-corrected chi connectivity index (χ0v) is 10.2. The third-order valence-electron chi connectivity index (χ3n) is 1.83. The molecule has 0 spiro atoms. The van der Waals surface area contributed by atoms with E-state index in [2.05, 4.69) is 38.2 Å². The summed E-state index contributed by atoms with van der Waals surface area (Å²) in [4.78, 5) is 2.21. The fourth-order valence-electron chi connectivity index (χ4n) is 1.11. The molecule has 0 saturated heterocycles. The van der Waals surface area contributed by atoms with Gasteiger partial charge in [-0.3, -0.25) is 0 Å². The average Bonchev–Trinajstić information content (AvgIpc) is 2.08. The van der Waals surface area contributed by atoms with Crippen LogP contribution in [0.15, 0.2) is 0 Å². The SMILES string of the molecule is CC(C)COCCNCCCN(C)C. The molecule has 0 fully saturated rings. The second-order valence-electron chi connectivity index (χ2n) is 4.38. The molecule has 0 aliphatic rings. The highest BCUT2D eigenvalue weighted by Crippen LogP contribution is 1.90. The fourth-order valence-corrected chi connectivity index (χ4v) is 1.11. The Balaban J connectivity index is 2.92. The van der Waals surface area contributed by atoms with Crippen LogP contribution < -0.4 is 5.32 Å². The zero-order chi connectivity index (χ0) is 10.8. The van der Waals surface area contributed by atoms with Crippen LogP contribution in [0.5, 0.6) is 0 Å². The van der Waals surface area contributed by atoms with Gasteiger partial charge in [0.1, 0.15) is 0 Å². The van der Waals surface area contributed by atoms with E-state index >= 15 is 0 Å². The summed E-state index contributed by atoms with van der Waals surface area (Å²) >= 11 is 0. The van der Waals surface area contributed by atoms with Crippen molar-refractivity contribution in [1.29, 1.82) is 0 Å². The van der Waals surface area contributed by atoms with E-state index in [1.165, 1.54) is 6.42 Å². The topological polar surface area (TPSA) is 24.5 Å². The second-order valence-corrected chi connectivity index (χ2v) is 4.38. The van der Waals surface area contributed by atoms with Crippen LogP contribution in [0.2, 0.25) is 0 Å². The molecule has 0 atom stereocenters. The van der Waals surface area contributed by atoms with E-state index in [0.29, 0.717) is 5.92 Å². The molecule has 0 saturated carbocycles. The fraction of sp³-hybridized carbons (Fsp3) is 1.00. The Labute approximate surface area is 88.8 Å². The first-order valence-electron chi connectivity index (χ1n) is 5.56. The van der Waals surface area contributed by atoms with Crippen molar-refractivity contribution in [3.05, 3.63) is 0 Å². The van der Waals surface area contributed by atoms with Gasteiger partial charge in [-0.15, -0.1) is 0 Å². The number of rotatable bonds is 9. The Hall–Kier alpha value is -0.120. The van der Waals surface area contributed by atoms with Crippen LogP contribution in [0.1, 0.15) is 20.3 Å². The van der Waals surface area contributed by atoms with E-state index in [4.69, 9.17) is 4.74 Å². The van der Waals surface area contributed by atoms with Crippen LogP contribution in [0.4, 0.5) is 0 Å². The van der Waals surface area contributed by atoms with E-state index in [1.807, 2.05) is 0 Å². The predicted molar refractivity (Wildman–Crippen MR) is 61.7 cm³/mol. The summed E-state index contributed by atoms with van der Waals surface area (Å²) in [6.45, 7) is 9.26. The van der Waals surface area contributed by atoms with Gasteiger partial charge in [0.2, 0.25) is 0 Å². The van der Waals surface area contributed by atoms with E-state index in [-0.39, 0.29) is 0 Å². The number of hydrogen-bond donors (Lipinski definition) is 1. The summed E-state index contributed by atoms with van der Waals surface area (Å²) in [6.07, 6.45) is 1.21. The number of nitrogens with zero attached hydrogens (tertiary/aromatic N) is 1. The van der Waals surface area contributed by atoms with Crippen molar-refractivity contribution in [2.24, 2.45) is 5.92 Å². The van der Waals surface area contributed by atoms with Crippen molar-refractivity contribution in [2.75, 3.05) is 46.9 Å². The molecule has 0 aliphatic heterocycles. The minimum Gasteiger partial charge on any atom is -0.380 e. The molecule has 0 heterocycles. The monoisotopic (exact) mass is 202 g/mol. The van der Waals surface area contributed by atoms with Crippen LogP contribution in [0.25, 0.3) is 0 Å². The highest BCUT2D eigenvalue weighted by molar-refractivity contribution is 4.50. The lowest BCUT2D eigenvalue weighted by Crippen LogP contribution is -2.24. The molecule has 0 aromatic rings. The third-order valence-corrected chi connectivity index (χ3v) is 1.83. The van der Waals surface area contributed by atoms with E-state index in [1.54, 1.807) is 0 Å². The normalized spacial score (nSPS) is 11.6. The molecule has 14 heavy (non-hydrogen) atoms. The van der Waals surface area contributed by atoms with E-state index in [0.717, 1.165) is 32.8 Å². The predicted octanol–water partition coefficient (Wildman–Crippen LogP) is 1.20. The van der Waals surface area contributed by atoms with E-state index < -0.39 is 0 Å². The summed E-state index contributed by atoms with van der Waals surface area (Å²) in [5.74, 6) is 0.642. The van der Waals surface area contributed by atoms with Gasteiger partial charge in [-0.2, -0.15) is 0 Å². The zero-order valence-electron chi connectivity index (χ0n) is 10.2. The minimum absolute atomic E-state index is 0.642. The lowest BCUT2D eigenvalue weighted by atomic mass is 10.2. The van der Waals surface area contributed by atoms with Crippen LogP contribution in [-0.4, -0.2) is 51.8 Å². The second kappa shape index (κ2) is 9.44. The molecule has 0 aromatic heterocycles. The highest BCUT2D eigenvalue weighted by Gasteiger charge is 1.93. The number of ether oxygens (including phenoxy) is 1. The Bertz CT molecular complexity index is 102. The Morgan fingerprint density at radius 1 is 1.21 bits per heavy atom. The summed E-state index contributed by atoms with van der Waals surface area (Å²) in [5.41, 5.74) is 0. The van der Waals surface area contributed by atoms with Gasteiger partial charge in [0.15, 0.2) is 0 Å². The molecule has 3 heteroatoms. The lowest BCUT2D eigenvalue weighted by molar-refractivity contribution is 0.112. The summed E-state index contributed by atoms with van der Waals surface area (Å²) in [6, 6.07) is 0. The molecule has 86 valence electrons. The molecule has 0 radical (unpaired) electrons. The molecule has 1 N–H and O–H groups in total. The maximum absolute atomic E-state index is 5.45. The van der Waals surface area contributed by atoms with Gasteiger partial charge in [0, 0.05) is 13.2 Å². The van der Waals surface area contributed by atoms with Crippen LogP contribution in [0.3, 0.4) is 0 Å². The van der Waals surface area contributed by atoms with Crippen molar-refractivity contribution in [2.45, 2.75) is 20.3 Å². The van der Waals surface area contributed by atoms with Gasteiger partial charge < -0.3 is 15.0 Å². The molecular weight excluding hydrogens is 176 g/mol. The molecule has 0 rings (SSSR count). The first kappa shape index (κ1) is 13.9. The van der Waals surface area contributed by atoms with Gasteiger partial charge in [0.25, 0.3) is 0 Å². The molecule has 0 amide bonds. The molecule has 0 unspecified atom stereocenters. The van der Waals surface area contributed by atoms with Gasteiger partial charge in [-0.25, -0.2) is 0 Å².